The summed E-state index contributed by atoms with van der Waals surface area (Å²) in [5.41, 5.74) is 0.749. The van der Waals surface area contributed by atoms with E-state index in [-0.39, 0.29) is 17.1 Å². The number of amides is 1. The third-order valence-corrected chi connectivity index (χ3v) is 5.16. The fourth-order valence-corrected chi connectivity index (χ4v) is 3.26. The maximum atomic E-state index is 12.2. The van der Waals surface area contributed by atoms with Gasteiger partial charge in [0.05, 0.1) is 22.8 Å². The summed E-state index contributed by atoms with van der Waals surface area (Å²) in [6, 6.07) is 3.43. The molecule has 2 N–H and O–H groups in total. The molecule has 1 amide bonds. The number of rotatable bonds is 4. The molecular formula is C16H19BrN2O3S. The normalized spacial score (nSPS) is 11.3. The number of carbonyl (C=O) groups is 1. The highest BCUT2D eigenvalue weighted by Gasteiger charge is 2.20. The highest BCUT2D eigenvalue weighted by molar-refractivity contribution is 9.10. The van der Waals surface area contributed by atoms with E-state index in [1.807, 2.05) is 0 Å². The average Bonchev–Trinajstić information content (AvgIpc) is 2.98. The standard InChI is InChI=1S/C16H19BrN2O3S/c1-16(2,3)15-19-8-12(23-15)14(21)18-7-9-5-10(17)13(20)11(6-9)22-4/h5-6,8,20H,7H2,1-4H3,(H,18,21). The van der Waals surface area contributed by atoms with Crippen LogP contribution in [0.5, 0.6) is 11.5 Å². The zero-order chi connectivity index (χ0) is 17.2. The molecule has 1 aromatic heterocycles. The summed E-state index contributed by atoms with van der Waals surface area (Å²) in [4.78, 5) is 17.1. The number of ether oxygens (including phenoxy) is 1. The molecule has 5 nitrogen and oxygen atoms in total. The van der Waals surface area contributed by atoms with E-state index in [2.05, 4.69) is 47.0 Å². The van der Waals surface area contributed by atoms with Crippen molar-refractivity contribution in [3.8, 4) is 11.5 Å². The lowest BCUT2D eigenvalue weighted by Gasteiger charge is -2.13. The number of aromatic nitrogens is 1. The monoisotopic (exact) mass is 398 g/mol. The summed E-state index contributed by atoms with van der Waals surface area (Å²) >= 11 is 4.66. The van der Waals surface area contributed by atoms with Crippen LogP contribution in [0.1, 0.15) is 41.0 Å². The fraction of sp³-hybridized carbons (Fsp3) is 0.375. The second-order valence-corrected chi connectivity index (χ2v) is 7.98. The van der Waals surface area contributed by atoms with Crippen LogP contribution >= 0.6 is 27.3 Å². The third-order valence-electron chi connectivity index (χ3n) is 3.13. The Morgan fingerprint density at radius 2 is 2.13 bits per heavy atom. The van der Waals surface area contributed by atoms with Crippen molar-refractivity contribution in [3.63, 3.8) is 0 Å². The zero-order valence-corrected chi connectivity index (χ0v) is 15.8. The van der Waals surface area contributed by atoms with E-state index in [1.165, 1.54) is 18.4 Å². The van der Waals surface area contributed by atoms with Crippen LogP contribution in [-0.2, 0) is 12.0 Å². The molecule has 0 saturated heterocycles. The second kappa shape index (κ2) is 6.88. The molecule has 2 rings (SSSR count). The van der Waals surface area contributed by atoms with Crippen molar-refractivity contribution in [3.05, 3.63) is 38.3 Å². The van der Waals surface area contributed by atoms with E-state index in [9.17, 15) is 9.90 Å². The number of aromatic hydroxyl groups is 1. The third kappa shape index (κ3) is 4.23. The van der Waals surface area contributed by atoms with Gasteiger partial charge in [0.1, 0.15) is 4.88 Å². The number of hydrogen-bond donors (Lipinski definition) is 2. The highest BCUT2D eigenvalue weighted by Crippen LogP contribution is 2.35. The first kappa shape index (κ1) is 17.7. The molecule has 0 aliphatic rings. The van der Waals surface area contributed by atoms with E-state index in [0.717, 1.165) is 10.6 Å². The lowest BCUT2D eigenvalue weighted by atomic mass is 9.98. The number of phenolic OH excluding ortho intramolecular Hbond substituents is 1. The summed E-state index contributed by atoms with van der Waals surface area (Å²) in [5, 5.41) is 13.6. The highest BCUT2D eigenvalue weighted by atomic mass is 79.9. The molecule has 23 heavy (non-hydrogen) atoms. The van der Waals surface area contributed by atoms with Gasteiger partial charge in [-0.15, -0.1) is 11.3 Å². The predicted octanol–water partition coefficient (Wildman–Crippen LogP) is 3.85. The first-order valence-corrected chi connectivity index (χ1v) is 8.63. The smallest absolute Gasteiger partial charge is 0.263 e. The number of hydrogen-bond acceptors (Lipinski definition) is 5. The Balaban J connectivity index is 2.08. The number of thiazole rings is 1. The minimum Gasteiger partial charge on any atom is -0.503 e. The molecule has 0 bridgehead atoms. The lowest BCUT2D eigenvalue weighted by Crippen LogP contribution is -2.21. The van der Waals surface area contributed by atoms with Gasteiger partial charge in [-0.05, 0) is 33.6 Å². The number of carbonyl (C=O) groups excluding carboxylic acids is 1. The first-order chi connectivity index (χ1) is 10.7. The molecule has 0 unspecified atom stereocenters. The van der Waals surface area contributed by atoms with Gasteiger partial charge in [0.15, 0.2) is 11.5 Å². The van der Waals surface area contributed by atoms with Crippen molar-refractivity contribution in [2.75, 3.05) is 7.11 Å². The molecule has 7 heteroatoms. The topological polar surface area (TPSA) is 71.5 Å². The van der Waals surface area contributed by atoms with Crippen molar-refractivity contribution >= 4 is 33.2 Å². The Morgan fingerprint density at radius 3 is 2.70 bits per heavy atom. The number of benzene rings is 1. The van der Waals surface area contributed by atoms with Gasteiger partial charge in [-0.25, -0.2) is 4.98 Å². The first-order valence-electron chi connectivity index (χ1n) is 7.02. The summed E-state index contributed by atoms with van der Waals surface area (Å²) in [7, 11) is 1.48. The van der Waals surface area contributed by atoms with Gasteiger partial charge in [-0.1, -0.05) is 20.8 Å². The van der Waals surface area contributed by atoms with E-state index >= 15 is 0 Å². The van der Waals surface area contributed by atoms with Crippen LogP contribution in [0.2, 0.25) is 0 Å². The molecule has 0 fully saturated rings. The molecule has 0 radical (unpaired) electrons. The molecule has 2 aromatic rings. The van der Waals surface area contributed by atoms with Crippen LogP contribution in [-0.4, -0.2) is 23.1 Å². The predicted molar refractivity (Wildman–Crippen MR) is 94.3 cm³/mol. The van der Waals surface area contributed by atoms with Gasteiger partial charge in [-0.2, -0.15) is 0 Å². The Bertz CT molecular complexity index is 723. The van der Waals surface area contributed by atoms with Gasteiger partial charge in [-0.3, -0.25) is 4.79 Å². The van der Waals surface area contributed by atoms with Crippen molar-refractivity contribution in [1.29, 1.82) is 0 Å². The van der Waals surface area contributed by atoms with Gasteiger partial charge in [0.2, 0.25) is 0 Å². The summed E-state index contributed by atoms with van der Waals surface area (Å²) in [6.07, 6.45) is 1.61. The number of methoxy groups -OCH3 is 1. The molecule has 0 atom stereocenters. The summed E-state index contributed by atoms with van der Waals surface area (Å²) in [6.45, 7) is 6.52. The van der Waals surface area contributed by atoms with Crippen LogP contribution < -0.4 is 10.1 Å². The maximum Gasteiger partial charge on any atom is 0.263 e. The van der Waals surface area contributed by atoms with Gasteiger partial charge < -0.3 is 15.2 Å². The summed E-state index contributed by atoms with van der Waals surface area (Å²) < 4.78 is 5.62. The quantitative estimate of drug-likeness (QED) is 0.820. The van der Waals surface area contributed by atoms with Gasteiger partial charge in [0, 0.05) is 12.0 Å². The zero-order valence-electron chi connectivity index (χ0n) is 13.4. The Labute approximate surface area is 147 Å². The van der Waals surface area contributed by atoms with Crippen molar-refractivity contribution < 1.29 is 14.6 Å². The van der Waals surface area contributed by atoms with Gasteiger partial charge in [0.25, 0.3) is 5.91 Å². The second-order valence-electron chi connectivity index (χ2n) is 6.09. The van der Waals surface area contributed by atoms with Crippen LogP contribution in [0.4, 0.5) is 0 Å². The largest absolute Gasteiger partial charge is 0.503 e. The molecule has 0 spiro atoms. The number of halogens is 1. The number of nitrogens with zero attached hydrogens (tertiary/aromatic N) is 1. The van der Waals surface area contributed by atoms with E-state index in [1.54, 1.807) is 18.3 Å². The molecule has 0 saturated carbocycles. The van der Waals surface area contributed by atoms with E-state index in [4.69, 9.17) is 4.74 Å². The van der Waals surface area contributed by atoms with Crippen LogP contribution in [0.15, 0.2) is 22.8 Å². The van der Waals surface area contributed by atoms with Crippen molar-refractivity contribution in [2.45, 2.75) is 32.7 Å². The maximum absolute atomic E-state index is 12.2. The van der Waals surface area contributed by atoms with Crippen LogP contribution in [0.25, 0.3) is 0 Å². The lowest BCUT2D eigenvalue weighted by molar-refractivity contribution is 0.0954. The Morgan fingerprint density at radius 1 is 1.43 bits per heavy atom. The van der Waals surface area contributed by atoms with Gasteiger partial charge >= 0.3 is 0 Å². The summed E-state index contributed by atoms with van der Waals surface area (Å²) in [5.74, 6) is 0.234. The molecule has 0 aliphatic carbocycles. The molecular weight excluding hydrogens is 380 g/mol. The molecule has 1 aromatic carbocycles. The van der Waals surface area contributed by atoms with Crippen molar-refractivity contribution in [1.82, 2.24) is 10.3 Å². The number of nitrogens with one attached hydrogen (secondary N) is 1. The minimum absolute atomic E-state index is 0.0415. The minimum atomic E-state index is -0.166. The fourth-order valence-electron chi connectivity index (χ4n) is 1.88. The average molecular weight is 399 g/mol. The number of phenols is 1. The van der Waals surface area contributed by atoms with E-state index in [0.29, 0.717) is 21.6 Å². The van der Waals surface area contributed by atoms with Crippen molar-refractivity contribution in [2.24, 2.45) is 0 Å². The van der Waals surface area contributed by atoms with E-state index < -0.39 is 0 Å². The Kier molecular flexibility index (Phi) is 5.31. The SMILES string of the molecule is COc1cc(CNC(=O)c2cnc(C(C)(C)C)s2)cc(Br)c1O. The van der Waals surface area contributed by atoms with Crippen LogP contribution in [0, 0.1) is 0 Å². The van der Waals surface area contributed by atoms with Crippen LogP contribution in [0.3, 0.4) is 0 Å². The Hall–Kier alpha value is -1.60. The molecule has 0 aliphatic heterocycles. The molecule has 124 valence electrons. The molecule has 1 heterocycles.